The Bertz CT molecular complexity index is 854. The third-order valence-corrected chi connectivity index (χ3v) is 5.27. The van der Waals surface area contributed by atoms with Gasteiger partial charge in [-0.1, -0.05) is 0 Å². The van der Waals surface area contributed by atoms with Crippen LogP contribution in [0.25, 0.3) is 0 Å². The molecule has 1 amide bonds. The summed E-state index contributed by atoms with van der Waals surface area (Å²) in [5, 5.41) is 2.86. The molecular formula is C21H24BrFN2O3. The summed E-state index contributed by atoms with van der Waals surface area (Å²) in [5.74, 6) is 0.269. The van der Waals surface area contributed by atoms with Crippen LogP contribution < -0.4 is 19.7 Å². The van der Waals surface area contributed by atoms with Gasteiger partial charge in [0.05, 0.1) is 29.6 Å². The molecule has 1 aliphatic rings. The average molecular weight is 451 g/mol. The monoisotopic (exact) mass is 450 g/mol. The van der Waals surface area contributed by atoms with Crippen LogP contribution in [0.5, 0.6) is 11.5 Å². The number of rotatable bonds is 6. The Hall–Kier alpha value is -2.28. The van der Waals surface area contributed by atoms with Gasteiger partial charge < -0.3 is 19.7 Å². The Labute approximate surface area is 172 Å². The molecule has 0 aliphatic carbocycles. The van der Waals surface area contributed by atoms with Crippen molar-refractivity contribution >= 4 is 33.2 Å². The van der Waals surface area contributed by atoms with E-state index in [4.69, 9.17) is 9.47 Å². The van der Waals surface area contributed by atoms with Gasteiger partial charge in [0.15, 0.2) is 11.5 Å². The molecule has 1 saturated heterocycles. The molecular weight excluding hydrogens is 427 g/mol. The minimum absolute atomic E-state index is 0.342. The second-order valence-corrected chi connectivity index (χ2v) is 7.44. The van der Waals surface area contributed by atoms with Crippen LogP contribution in [0.1, 0.15) is 36.5 Å². The molecule has 2 aromatic rings. The lowest BCUT2D eigenvalue weighted by molar-refractivity contribution is 0.102. The summed E-state index contributed by atoms with van der Waals surface area (Å²) in [6.45, 7) is 4.15. The number of carbonyl (C=O) groups excluding carboxylic acids is 1. The first-order chi connectivity index (χ1) is 13.5. The van der Waals surface area contributed by atoms with Crippen molar-refractivity contribution < 1.29 is 18.7 Å². The number of nitrogens with zero attached hydrogens (tertiary/aromatic N) is 1. The Balaban J connectivity index is 1.89. The molecule has 0 radical (unpaired) electrons. The summed E-state index contributed by atoms with van der Waals surface area (Å²) in [5.41, 5.74) is 1.70. The highest BCUT2D eigenvalue weighted by Crippen LogP contribution is 2.37. The van der Waals surface area contributed by atoms with E-state index in [2.05, 4.69) is 26.1 Å². The summed E-state index contributed by atoms with van der Waals surface area (Å²) in [7, 11) is 1.52. The van der Waals surface area contributed by atoms with Crippen molar-refractivity contribution in [3.63, 3.8) is 0 Å². The van der Waals surface area contributed by atoms with Gasteiger partial charge in [0.1, 0.15) is 5.82 Å². The number of ether oxygens (including phenoxy) is 2. The standard InChI is InChI=1S/C21H24BrFN2O3/c1-3-28-20-16(22)11-14(12-19(20)27-2)21(26)24-17-13-15(23)7-8-18(17)25-9-5-4-6-10-25/h7-8,11-13H,3-6,9-10H2,1-2H3,(H,24,26). The lowest BCUT2D eigenvalue weighted by Gasteiger charge is -2.30. The van der Waals surface area contributed by atoms with Crippen molar-refractivity contribution in [2.45, 2.75) is 26.2 Å². The Kier molecular flexibility index (Phi) is 6.78. The fourth-order valence-electron chi connectivity index (χ4n) is 3.35. The van der Waals surface area contributed by atoms with E-state index in [0.717, 1.165) is 31.6 Å². The van der Waals surface area contributed by atoms with Crippen LogP contribution in [-0.2, 0) is 0 Å². The average Bonchev–Trinajstić information content (AvgIpc) is 2.70. The maximum absolute atomic E-state index is 13.9. The van der Waals surface area contributed by atoms with Crippen molar-refractivity contribution in [2.75, 3.05) is 37.0 Å². The zero-order chi connectivity index (χ0) is 20.1. The molecule has 3 rings (SSSR count). The summed E-state index contributed by atoms with van der Waals surface area (Å²) in [4.78, 5) is 15.1. The molecule has 1 fully saturated rings. The predicted molar refractivity (Wildman–Crippen MR) is 112 cm³/mol. The first kappa shape index (κ1) is 20.5. The fourth-order valence-corrected chi connectivity index (χ4v) is 3.91. The highest BCUT2D eigenvalue weighted by Gasteiger charge is 2.19. The van der Waals surface area contributed by atoms with Crippen molar-refractivity contribution in [3.05, 3.63) is 46.2 Å². The van der Waals surface area contributed by atoms with Crippen molar-refractivity contribution in [3.8, 4) is 11.5 Å². The van der Waals surface area contributed by atoms with Crippen LogP contribution in [0.15, 0.2) is 34.8 Å². The molecule has 28 heavy (non-hydrogen) atoms. The third-order valence-electron chi connectivity index (χ3n) is 4.68. The highest BCUT2D eigenvalue weighted by molar-refractivity contribution is 9.10. The molecule has 7 heteroatoms. The van der Waals surface area contributed by atoms with Gasteiger partial charge in [-0.3, -0.25) is 4.79 Å². The number of nitrogens with one attached hydrogen (secondary N) is 1. The van der Waals surface area contributed by atoms with Gasteiger partial charge in [0, 0.05) is 18.7 Å². The van der Waals surface area contributed by atoms with Crippen molar-refractivity contribution in [2.24, 2.45) is 0 Å². The number of hydrogen-bond acceptors (Lipinski definition) is 4. The molecule has 1 N–H and O–H groups in total. The first-order valence-corrected chi connectivity index (χ1v) is 10.2. The number of methoxy groups -OCH3 is 1. The highest BCUT2D eigenvalue weighted by atomic mass is 79.9. The molecule has 1 heterocycles. The number of amides is 1. The van der Waals surface area contributed by atoms with Gasteiger partial charge >= 0.3 is 0 Å². The maximum Gasteiger partial charge on any atom is 0.255 e. The van der Waals surface area contributed by atoms with E-state index in [9.17, 15) is 9.18 Å². The molecule has 5 nitrogen and oxygen atoms in total. The largest absolute Gasteiger partial charge is 0.493 e. The van der Waals surface area contributed by atoms with E-state index in [1.807, 2.05) is 6.92 Å². The Morgan fingerprint density at radius 1 is 1.21 bits per heavy atom. The first-order valence-electron chi connectivity index (χ1n) is 9.39. The second-order valence-electron chi connectivity index (χ2n) is 6.59. The predicted octanol–water partition coefficient (Wildman–Crippen LogP) is 5.24. The van der Waals surface area contributed by atoms with Crippen LogP contribution in [-0.4, -0.2) is 32.7 Å². The summed E-state index contributed by atoms with van der Waals surface area (Å²) in [6.07, 6.45) is 3.38. The van der Waals surface area contributed by atoms with E-state index < -0.39 is 0 Å². The minimum Gasteiger partial charge on any atom is -0.493 e. The molecule has 0 aromatic heterocycles. The molecule has 0 unspecified atom stereocenters. The summed E-state index contributed by atoms with van der Waals surface area (Å²) >= 11 is 3.43. The van der Waals surface area contributed by atoms with Gasteiger partial charge in [-0.15, -0.1) is 0 Å². The van der Waals surface area contributed by atoms with E-state index >= 15 is 0 Å². The number of anilines is 2. The Morgan fingerprint density at radius 2 is 1.96 bits per heavy atom. The Morgan fingerprint density at radius 3 is 2.64 bits per heavy atom. The fraction of sp³-hybridized carbons (Fsp3) is 0.381. The van der Waals surface area contributed by atoms with E-state index in [1.54, 1.807) is 18.2 Å². The quantitative estimate of drug-likeness (QED) is 0.653. The van der Waals surface area contributed by atoms with Gasteiger partial charge in [-0.05, 0) is 72.4 Å². The van der Waals surface area contributed by atoms with Gasteiger partial charge in [-0.25, -0.2) is 4.39 Å². The molecule has 1 aliphatic heterocycles. The molecule has 150 valence electrons. The zero-order valence-electron chi connectivity index (χ0n) is 16.1. The summed E-state index contributed by atoms with van der Waals surface area (Å²) in [6, 6.07) is 7.80. The smallest absolute Gasteiger partial charge is 0.255 e. The molecule has 0 atom stereocenters. The van der Waals surface area contributed by atoms with Crippen LogP contribution in [0.2, 0.25) is 0 Å². The van der Waals surface area contributed by atoms with Gasteiger partial charge in [-0.2, -0.15) is 0 Å². The topological polar surface area (TPSA) is 50.8 Å². The molecule has 2 aromatic carbocycles. The number of halogens is 2. The van der Waals surface area contributed by atoms with Crippen molar-refractivity contribution in [1.82, 2.24) is 0 Å². The van der Waals surface area contributed by atoms with E-state index in [1.165, 1.54) is 25.7 Å². The van der Waals surface area contributed by atoms with Gasteiger partial charge in [0.25, 0.3) is 5.91 Å². The van der Waals surface area contributed by atoms with E-state index in [0.29, 0.717) is 33.8 Å². The number of benzene rings is 2. The SMILES string of the molecule is CCOc1c(Br)cc(C(=O)Nc2cc(F)ccc2N2CCCCC2)cc1OC. The van der Waals surface area contributed by atoms with E-state index in [-0.39, 0.29) is 11.7 Å². The van der Waals surface area contributed by atoms with Gasteiger partial charge in [0.2, 0.25) is 0 Å². The molecule has 0 saturated carbocycles. The minimum atomic E-state index is -0.387. The normalized spacial score (nSPS) is 13.9. The zero-order valence-corrected chi connectivity index (χ0v) is 17.6. The lowest BCUT2D eigenvalue weighted by atomic mass is 10.1. The number of carbonyl (C=O) groups is 1. The van der Waals surface area contributed by atoms with Crippen LogP contribution in [0.4, 0.5) is 15.8 Å². The van der Waals surface area contributed by atoms with Crippen molar-refractivity contribution in [1.29, 1.82) is 0 Å². The summed E-state index contributed by atoms with van der Waals surface area (Å²) < 4.78 is 25.4. The maximum atomic E-state index is 13.9. The van der Waals surface area contributed by atoms with Crippen LogP contribution >= 0.6 is 15.9 Å². The number of hydrogen-bond donors (Lipinski definition) is 1. The molecule has 0 bridgehead atoms. The third kappa shape index (κ3) is 4.58. The van der Waals surface area contributed by atoms with Crippen LogP contribution in [0, 0.1) is 5.82 Å². The number of piperidine rings is 1. The second kappa shape index (κ2) is 9.28. The molecule has 0 spiro atoms. The van der Waals surface area contributed by atoms with Crippen LogP contribution in [0.3, 0.4) is 0 Å². The lowest BCUT2D eigenvalue weighted by Crippen LogP contribution is -2.30.